The second kappa shape index (κ2) is 4.65. The molecular formula is C11H10N2O4. The lowest BCUT2D eigenvalue weighted by molar-refractivity contribution is 0.0695. The summed E-state index contributed by atoms with van der Waals surface area (Å²) in [6.45, 7) is 1.83. The van der Waals surface area contributed by atoms with Crippen LogP contribution in [-0.4, -0.2) is 21.2 Å². The highest BCUT2D eigenvalue weighted by atomic mass is 16.5. The lowest BCUT2D eigenvalue weighted by Gasteiger charge is -2.08. The van der Waals surface area contributed by atoms with Crippen molar-refractivity contribution in [1.82, 2.24) is 10.1 Å². The molecule has 1 N–H and O–H groups in total. The standard InChI is InChI=1S/C11H10N2O4/c1-7-8(11(14)15)3-2-4-9(7)16-5-10-12-6-17-13-10/h2-4,6H,5H2,1H3,(H,14,15). The second-order valence-corrected chi connectivity index (χ2v) is 3.37. The summed E-state index contributed by atoms with van der Waals surface area (Å²) in [6.07, 6.45) is 1.21. The van der Waals surface area contributed by atoms with Gasteiger partial charge in [-0.25, -0.2) is 4.79 Å². The number of carboxylic acid groups (broad SMARTS) is 1. The number of nitrogens with zero attached hydrogens (tertiary/aromatic N) is 2. The van der Waals surface area contributed by atoms with Crippen molar-refractivity contribution in [3.8, 4) is 5.75 Å². The van der Waals surface area contributed by atoms with Gasteiger partial charge >= 0.3 is 5.97 Å². The Morgan fingerprint density at radius 2 is 2.35 bits per heavy atom. The summed E-state index contributed by atoms with van der Waals surface area (Å²) in [5.41, 5.74) is 0.791. The Bertz CT molecular complexity index is 522. The lowest BCUT2D eigenvalue weighted by Crippen LogP contribution is -2.03. The summed E-state index contributed by atoms with van der Waals surface area (Å²) in [5.74, 6) is -0.0765. The Balaban J connectivity index is 2.16. The van der Waals surface area contributed by atoms with Crippen LogP contribution in [0.2, 0.25) is 0 Å². The molecule has 0 atom stereocenters. The van der Waals surface area contributed by atoms with Gasteiger partial charge in [-0.3, -0.25) is 0 Å². The maximum atomic E-state index is 10.9. The van der Waals surface area contributed by atoms with Crippen LogP contribution in [0.3, 0.4) is 0 Å². The molecule has 0 saturated heterocycles. The SMILES string of the molecule is Cc1c(OCc2ncon2)cccc1C(=O)O. The molecule has 6 nitrogen and oxygen atoms in total. The normalized spacial score (nSPS) is 10.2. The lowest BCUT2D eigenvalue weighted by atomic mass is 10.1. The molecule has 1 aromatic heterocycles. The van der Waals surface area contributed by atoms with Crippen molar-refractivity contribution in [3.63, 3.8) is 0 Å². The minimum Gasteiger partial charge on any atom is -0.485 e. The molecule has 0 saturated carbocycles. The fourth-order valence-corrected chi connectivity index (χ4v) is 1.40. The van der Waals surface area contributed by atoms with Crippen molar-refractivity contribution in [2.75, 3.05) is 0 Å². The van der Waals surface area contributed by atoms with Crippen LogP contribution in [0.1, 0.15) is 21.7 Å². The Kier molecular flexibility index (Phi) is 3.04. The smallest absolute Gasteiger partial charge is 0.336 e. The van der Waals surface area contributed by atoms with Gasteiger partial charge in [-0.1, -0.05) is 11.2 Å². The number of aromatic carboxylic acids is 1. The molecule has 0 bridgehead atoms. The molecule has 0 amide bonds. The fourth-order valence-electron chi connectivity index (χ4n) is 1.40. The second-order valence-electron chi connectivity index (χ2n) is 3.37. The molecule has 0 aliphatic rings. The van der Waals surface area contributed by atoms with Crippen LogP contribution in [-0.2, 0) is 6.61 Å². The molecule has 1 heterocycles. The summed E-state index contributed by atoms with van der Waals surface area (Å²) in [6, 6.07) is 4.85. The van der Waals surface area contributed by atoms with Crippen molar-refractivity contribution in [2.24, 2.45) is 0 Å². The van der Waals surface area contributed by atoms with Gasteiger partial charge in [0.05, 0.1) is 5.56 Å². The Labute approximate surface area is 96.8 Å². The molecule has 2 aromatic rings. The third kappa shape index (κ3) is 2.41. The van der Waals surface area contributed by atoms with Gasteiger partial charge in [0.25, 0.3) is 0 Å². The van der Waals surface area contributed by atoms with E-state index in [0.717, 1.165) is 0 Å². The molecule has 6 heteroatoms. The minimum absolute atomic E-state index is 0.139. The third-order valence-corrected chi connectivity index (χ3v) is 2.28. The number of carboxylic acids is 1. The van der Waals surface area contributed by atoms with E-state index < -0.39 is 5.97 Å². The van der Waals surface area contributed by atoms with Crippen LogP contribution in [0.15, 0.2) is 29.1 Å². The molecule has 2 rings (SSSR count). The first-order valence-corrected chi connectivity index (χ1v) is 4.89. The minimum atomic E-state index is -0.979. The largest absolute Gasteiger partial charge is 0.485 e. The number of carbonyl (C=O) groups is 1. The summed E-state index contributed by atoms with van der Waals surface area (Å²) < 4.78 is 9.98. The average molecular weight is 234 g/mol. The summed E-state index contributed by atoms with van der Waals surface area (Å²) in [4.78, 5) is 14.7. The van der Waals surface area contributed by atoms with Gasteiger partial charge in [0.1, 0.15) is 5.75 Å². The Morgan fingerprint density at radius 1 is 1.53 bits per heavy atom. The van der Waals surface area contributed by atoms with Crippen LogP contribution >= 0.6 is 0 Å². The van der Waals surface area contributed by atoms with E-state index in [1.807, 2.05) is 0 Å². The highest BCUT2D eigenvalue weighted by molar-refractivity contribution is 5.90. The van der Waals surface area contributed by atoms with E-state index in [-0.39, 0.29) is 12.2 Å². The van der Waals surface area contributed by atoms with Gasteiger partial charge in [0.2, 0.25) is 12.2 Å². The summed E-state index contributed by atoms with van der Waals surface area (Å²) in [5, 5.41) is 12.5. The molecule has 0 aliphatic carbocycles. The van der Waals surface area contributed by atoms with Crippen molar-refractivity contribution in [2.45, 2.75) is 13.5 Å². The number of benzene rings is 1. The average Bonchev–Trinajstić information content (AvgIpc) is 2.80. The van der Waals surface area contributed by atoms with Gasteiger partial charge in [0.15, 0.2) is 6.61 Å². The topological polar surface area (TPSA) is 85.5 Å². The molecule has 1 aromatic carbocycles. The maximum Gasteiger partial charge on any atom is 0.336 e. The quantitative estimate of drug-likeness (QED) is 0.865. The van der Waals surface area contributed by atoms with E-state index in [1.165, 1.54) is 12.5 Å². The van der Waals surface area contributed by atoms with Gasteiger partial charge in [-0.15, -0.1) is 0 Å². The van der Waals surface area contributed by atoms with Crippen molar-refractivity contribution < 1.29 is 19.2 Å². The zero-order valence-corrected chi connectivity index (χ0v) is 9.08. The predicted molar refractivity (Wildman–Crippen MR) is 56.8 cm³/mol. The monoisotopic (exact) mass is 234 g/mol. The van der Waals surface area contributed by atoms with E-state index in [0.29, 0.717) is 17.1 Å². The zero-order chi connectivity index (χ0) is 12.3. The first-order valence-electron chi connectivity index (χ1n) is 4.89. The molecule has 0 spiro atoms. The highest BCUT2D eigenvalue weighted by Crippen LogP contribution is 2.22. The van der Waals surface area contributed by atoms with Crippen LogP contribution < -0.4 is 4.74 Å². The number of aromatic nitrogens is 2. The fraction of sp³-hybridized carbons (Fsp3) is 0.182. The number of hydrogen-bond donors (Lipinski definition) is 1. The van der Waals surface area contributed by atoms with E-state index >= 15 is 0 Å². The number of ether oxygens (including phenoxy) is 1. The van der Waals surface area contributed by atoms with Crippen LogP contribution in [0.25, 0.3) is 0 Å². The Hall–Kier alpha value is -2.37. The van der Waals surface area contributed by atoms with E-state index in [1.54, 1.807) is 19.1 Å². The molecule has 0 fully saturated rings. The van der Waals surface area contributed by atoms with Crippen molar-refractivity contribution in [3.05, 3.63) is 41.5 Å². The first-order chi connectivity index (χ1) is 8.18. The van der Waals surface area contributed by atoms with Crippen molar-refractivity contribution in [1.29, 1.82) is 0 Å². The van der Waals surface area contributed by atoms with Gasteiger partial charge in [-0.2, -0.15) is 4.98 Å². The number of hydrogen-bond acceptors (Lipinski definition) is 5. The molecule has 0 aliphatic heterocycles. The maximum absolute atomic E-state index is 10.9. The first kappa shape index (κ1) is 11.1. The highest BCUT2D eigenvalue weighted by Gasteiger charge is 2.11. The molecule has 88 valence electrons. The van der Waals surface area contributed by atoms with Gasteiger partial charge < -0.3 is 14.4 Å². The van der Waals surface area contributed by atoms with Crippen molar-refractivity contribution >= 4 is 5.97 Å². The molecular weight excluding hydrogens is 224 g/mol. The van der Waals surface area contributed by atoms with Crippen LogP contribution in [0.5, 0.6) is 5.75 Å². The van der Waals surface area contributed by atoms with Gasteiger partial charge in [-0.05, 0) is 19.1 Å². The van der Waals surface area contributed by atoms with Crippen LogP contribution in [0.4, 0.5) is 0 Å². The number of rotatable bonds is 4. The molecule has 0 radical (unpaired) electrons. The van der Waals surface area contributed by atoms with E-state index in [4.69, 9.17) is 9.84 Å². The van der Waals surface area contributed by atoms with E-state index in [9.17, 15) is 4.79 Å². The van der Waals surface area contributed by atoms with E-state index in [2.05, 4.69) is 14.7 Å². The Morgan fingerprint density at radius 3 is 3.00 bits per heavy atom. The van der Waals surface area contributed by atoms with Crippen LogP contribution in [0, 0.1) is 6.92 Å². The zero-order valence-electron chi connectivity index (χ0n) is 9.08. The third-order valence-electron chi connectivity index (χ3n) is 2.28. The molecule has 17 heavy (non-hydrogen) atoms. The molecule has 0 unspecified atom stereocenters. The summed E-state index contributed by atoms with van der Waals surface area (Å²) in [7, 11) is 0. The predicted octanol–water partition coefficient (Wildman–Crippen LogP) is 1.66. The summed E-state index contributed by atoms with van der Waals surface area (Å²) >= 11 is 0. The van der Waals surface area contributed by atoms with Gasteiger partial charge in [0, 0.05) is 5.56 Å².